The minimum atomic E-state index is -0.207. The molecule has 4 nitrogen and oxygen atoms in total. The molecule has 0 aromatic heterocycles. The number of aliphatic hydroxyl groups excluding tert-OH is 1. The molecule has 3 atom stereocenters. The molecule has 2 fully saturated rings. The maximum atomic E-state index is 12.6. The van der Waals surface area contributed by atoms with Gasteiger partial charge in [-0.25, -0.2) is 0 Å². The fraction of sp³-hybridized carbons (Fsp3) is 0.938. The van der Waals surface area contributed by atoms with Gasteiger partial charge < -0.3 is 15.7 Å². The number of hydrogen-bond acceptors (Lipinski definition) is 3. The molecule has 1 saturated heterocycles. The smallest absolute Gasteiger partial charge is 0.227 e. The summed E-state index contributed by atoms with van der Waals surface area (Å²) in [5.41, 5.74) is -0.207. The van der Waals surface area contributed by atoms with Crippen LogP contribution in [0, 0.1) is 17.3 Å². The van der Waals surface area contributed by atoms with Crippen LogP contribution in [0.15, 0.2) is 0 Å². The second kappa shape index (κ2) is 7.41. The Morgan fingerprint density at radius 1 is 1.30 bits per heavy atom. The lowest BCUT2D eigenvalue weighted by atomic mass is 9.76. The van der Waals surface area contributed by atoms with Gasteiger partial charge in [-0.1, -0.05) is 19.8 Å². The molecule has 3 N–H and O–H groups in total. The number of hydrogen-bond donors (Lipinski definition) is 3. The largest absolute Gasteiger partial charge is 0.396 e. The Balaban J connectivity index is 1.86. The SMILES string of the molecule is CCC1(C(=O)NCC2CCCCC2CO)CCCNC1. The Morgan fingerprint density at radius 3 is 2.65 bits per heavy atom. The van der Waals surface area contributed by atoms with Gasteiger partial charge in [-0.15, -0.1) is 0 Å². The predicted octanol–water partition coefficient (Wildman–Crippen LogP) is 1.68. The zero-order valence-electron chi connectivity index (χ0n) is 12.8. The van der Waals surface area contributed by atoms with Crippen molar-refractivity contribution in [2.24, 2.45) is 17.3 Å². The molecule has 3 unspecified atom stereocenters. The van der Waals surface area contributed by atoms with E-state index < -0.39 is 0 Å². The number of aliphatic hydroxyl groups is 1. The second-order valence-corrected chi connectivity index (χ2v) is 6.61. The number of piperidine rings is 1. The summed E-state index contributed by atoms with van der Waals surface area (Å²) in [5, 5.41) is 16.0. The van der Waals surface area contributed by atoms with Crippen molar-refractivity contribution >= 4 is 5.91 Å². The lowest BCUT2D eigenvalue weighted by molar-refractivity contribution is -0.132. The van der Waals surface area contributed by atoms with Crippen molar-refractivity contribution in [1.82, 2.24) is 10.6 Å². The van der Waals surface area contributed by atoms with E-state index in [0.29, 0.717) is 11.8 Å². The fourth-order valence-corrected chi connectivity index (χ4v) is 3.83. The first-order valence-electron chi connectivity index (χ1n) is 8.32. The Hall–Kier alpha value is -0.610. The number of rotatable bonds is 5. The number of carbonyl (C=O) groups excluding carboxylic acids is 1. The van der Waals surface area contributed by atoms with Crippen LogP contribution in [-0.4, -0.2) is 37.3 Å². The van der Waals surface area contributed by atoms with E-state index >= 15 is 0 Å². The van der Waals surface area contributed by atoms with Crippen LogP contribution >= 0.6 is 0 Å². The molecule has 1 heterocycles. The summed E-state index contributed by atoms with van der Waals surface area (Å²) in [7, 11) is 0. The van der Waals surface area contributed by atoms with Crippen LogP contribution in [0.5, 0.6) is 0 Å². The van der Waals surface area contributed by atoms with Gasteiger partial charge in [0.1, 0.15) is 0 Å². The van der Waals surface area contributed by atoms with Crippen LogP contribution in [0.4, 0.5) is 0 Å². The molecule has 1 aliphatic heterocycles. The standard InChI is InChI=1S/C16H30N2O2/c1-2-16(8-5-9-17-12-16)15(20)18-10-13-6-3-4-7-14(13)11-19/h13-14,17,19H,2-12H2,1H3,(H,18,20). The number of carbonyl (C=O) groups is 1. The summed E-state index contributed by atoms with van der Waals surface area (Å²) < 4.78 is 0. The maximum absolute atomic E-state index is 12.6. The predicted molar refractivity (Wildman–Crippen MR) is 80.4 cm³/mol. The van der Waals surface area contributed by atoms with Gasteiger partial charge in [-0.2, -0.15) is 0 Å². The maximum Gasteiger partial charge on any atom is 0.227 e. The third-order valence-electron chi connectivity index (χ3n) is 5.46. The van der Waals surface area contributed by atoms with Crippen molar-refractivity contribution in [3.63, 3.8) is 0 Å². The van der Waals surface area contributed by atoms with Crippen LogP contribution in [0.1, 0.15) is 51.9 Å². The molecule has 0 aromatic carbocycles. The summed E-state index contributed by atoms with van der Waals surface area (Å²) >= 11 is 0. The third-order valence-corrected chi connectivity index (χ3v) is 5.46. The molecule has 0 spiro atoms. The Bertz CT molecular complexity index is 314. The number of nitrogens with one attached hydrogen (secondary N) is 2. The molecule has 2 aliphatic rings. The molecule has 0 bridgehead atoms. The van der Waals surface area contributed by atoms with Crippen molar-refractivity contribution in [3.05, 3.63) is 0 Å². The van der Waals surface area contributed by atoms with Crippen molar-refractivity contribution in [2.45, 2.75) is 51.9 Å². The van der Waals surface area contributed by atoms with E-state index in [-0.39, 0.29) is 17.9 Å². The average Bonchev–Trinajstić information content (AvgIpc) is 2.53. The van der Waals surface area contributed by atoms with Gasteiger partial charge in [-0.3, -0.25) is 4.79 Å². The first kappa shape index (κ1) is 15.8. The lowest BCUT2D eigenvalue weighted by Gasteiger charge is -2.37. The van der Waals surface area contributed by atoms with Gasteiger partial charge in [0.25, 0.3) is 0 Å². The summed E-state index contributed by atoms with van der Waals surface area (Å²) in [6.07, 6.45) is 7.69. The first-order valence-corrected chi connectivity index (χ1v) is 8.32. The van der Waals surface area contributed by atoms with Gasteiger partial charge in [-0.05, 0) is 50.5 Å². The monoisotopic (exact) mass is 282 g/mol. The summed E-state index contributed by atoms with van der Waals surface area (Å²) in [6.45, 7) is 4.96. The lowest BCUT2D eigenvalue weighted by Crippen LogP contribution is -2.51. The van der Waals surface area contributed by atoms with Crippen LogP contribution < -0.4 is 10.6 Å². The molecule has 2 rings (SSSR count). The Morgan fingerprint density at radius 2 is 2.05 bits per heavy atom. The first-order chi connectivity index (χ1) is 9.72. The quantitative estimate of drug-likeness (QED) is 0.719. The summed E-state index contributed by atoms with van der Waals surface area (Å²) in [4.78, 5) is 12.6. The molecule has 1 saturated carbocycles. The molecule has 1 amide bonds. The highest BCUT2D eigenvalue weighted by Gasteiger charge is 2.38. The van der Waals surface area contributed by atoms with Gasteiger partial charge in [0, 0.05) is 19.7 Å². The van der Waals surface area contributed by atoms with E-state index in [1.807, 2.05) is 0 Å². The second-order valence-electron chi connectivity index (χ2n) is 6.61. The number of amides is 1. The van der Waals surface area contributed by atoms with E-state index in [9.17, 15) is 9.90 Å². The molecule has 4 heteroatoms. The van der Waals surface area contributed by atoms with Crippen LogP contribution in [0.3, 0.4) is 0 Å². The van der Waals surface area contributed by atoms with Crippen LogP contribution in [-0.2, 0) is 4.79 Å². The molecular formula is C16H30N2O2. The molecule has 0 radical (unpaired) electrons. The Labute approximate surface area is 122 Å². The van der Waals surface area contributed by atoms with Gasteiger partial charge in [0.15, 0.2) is 0 Å². The van der Waals surface area contributed by atoms with Crippen molar-refractivity contribution in [3.8, 4) is 0 Å². The van der Waals surface area contributed by atoms with Gasteiger partial charge in [0.2, 0.25) is 5.91 Å². The fourth-order valence-electron chi connectivity index (χ4n) is 3.83. The topological polar surface area (TPSA) is 61.4 Å². The summed E-state index contributed by atoms with van der Waals surface area (Å²) in [6, 6.07) is 0. The minimum Gasteiger partial charge on any atom is -0.396 e. The van der Waals surface area contributed by atoms with E-state index in [0.717, 1.165) is 51.7 Å². The average molecular weight is 282 g/mol. The summed E-state index contributed by atoms with van der Waals surface area (Å²) in [5.74, 6) is 1.06. The zero-order valence-corrected chi connectivity index (χ0v) is 12.8. The van der Waals surface area contributed by atoms with Crippen molar-refractivity contribution in [1.29, 1.82) is 0 Å². The molecule has 1 aliphatic carbocycles. The molecular weight excluding hydrogens is 252 g/mol. The normalized spacial score (nSPS) is 34.7. The highest BCUT2D eigenvalue weighted by Crippen LogP contribution is 2.32. The third kappa shape index (κ3) is 3.53. The Kier molecular flexibility index (Phi) is 5.85. The zero-order chi connectivity index (χ0) is 14.4. The van der Waals surface area contributed by atoms with Crippen molar-refractivity contribution < 1.29 is 9.90 Å². The van der Waals surface area contributed by atoms with Gasteiger partial charge in [0.05, 0.1) is 5.41 Å². The molecule has 0 aromatic rings. The van der Waals surface area contributed by atoms with E-state index in [1.54, 1.807) is 0 Å². The van der Waals surface area contributed by atoms with E-state index in [4.69, 9.17) is 0 Å². The van der Waals surface area contributed by atoms with Crippen molar-refractivity contribution in [2.75, 3.05) is 26.2 Å². The van der Waals surface area contributed by atoms with Crippen LogP contribution in [0.2, 0.25) is 0 Å². The highest BCUT2D eigenvalue weighted by atomic mass is 16.3. The minimum absolute atomic E-state index is 0.207. The van der Waals surface area contributed by atoms with Gasteiger partial charge >= 0.3 is 0 Å². The van der Waals surface area contributed by atoms with E-state index in [2.05, 4.69) is 17.6 Å². The molecule has 116 valence electrons. The van der Waals surface area contributed by atoms with Crippen LogP contribution in [0.25, 0.3) is 0 Å². The highest BCUT2D eigenvalue weighted by molar-refractivity contribution is 5.83. The van der Waals surface area contributed by atoms with E-state index in [1.165, 1.54) is 12.8 Å². The molecule has 20 heavy (non-hydrogen) atoms.